The van der Waals surface area contributed by atoms with Crippen molar-refractivity contribution in [1.82, 2.24) is 10.4 Å². The van der Waals surface area contributed by atoms with Gasteiger partial charge in [-0.15, -0.1) is 0 Å². The molecule has 3 rings (SSSR count). The Bertz CT molecular complexity index is 1090. The lowest BCUT2D eigenvalue weighted by Gasteiger charge is -2.22. The molecule has 1 amide bonds. The van der Waals surface area contributed by atoms with E-state index in [1.165, 1.54) is 30.6 Å². The summed E-state index contributed by atoms with van der Waals surface area (Å²) < 4.78 is 28.0. The number of hydrogen-bond donors (Lipinski definition) is 1. The van der Waals surface area contributed by atoms with Crippen molar-refractivity contribution >= 4 is 43.9 Å². The van der Waals surface area contributed by atoms with Gasteiger partial charge in [-0.05, 0) is 42.0 Å². The van der Waals surface area contributed by atoms with E-state index in [4.69, 9.17) is 0 Å². The molecule has 1 aromatic heterocycles. The third-order valence-electron chi connectivity index (χ3n) is 3.80. The Morgan fingerprint density at radius 3 is 2.38 bits per heavy atom. The molecule has 0 fully saturated rings. The first kappa shape index (κ1) is 20.7. The first-order chi connectivity index (χ1) is 14.0. The topological polar surface area (TPSA) is 91.7 Å². The van der Waals surface area contributed by atoms with Gasteiger partial charge in [-0.25, -0.2) is 23.1 Å². The zero-order valence-corrected chi connectivity index (χ0v) is 17.5. The van der Waals surface area contributed by atoms with Crippen LogP contribution in [-0.2, 0) is 14.8 Å². The maximum atomic E-state index is 13.1. The summed E-state index contributed by atoms with van der Waals surface area (Å²) in [6.45, 7) is -0.466. The zero-order chi connectivity index (χ0) is 20.7. The number of nitrogens with one attached hydrogen (secondary N) is 1. The molecule has 0 aliphatic carbocycles. The molecule has 1 heterocycles. The van der Waals surface area contributed by atoms with Gasteiger partial charge in [0, 0.05) is 10.7 Å². The summed E-state index contributed by atoms with van der Waals surface area (Å²) >= 11 is 3.34. The molecule has 0 aliphatic rings. The number of hydrogen-bond acceptors (Lipinski definition) is 5. The predicted octanol–water partition coefficient (Wildman–Crippen LogP) is 3.19. The Hall–Kier alpha value is -3.04. The van der Waals surface area contributed by atoms with E-state index in [0.29, 0.717) is 0 Å². The minimum absolute atomic E-state index is 0.0665. The van der Waals surface area contributed by atoms with E-state index < -0.39 is 22.5 Å². The summed E-state index contributed by atoms with van der Waals surface area (Å²) in [6.07, 6.45) is 2.94. The average Bonchev–Trinajstić information content (AvgIpc) is 2.74. The highest BCUT2D eigenvalue weighted by molar-refractivity contribution is 9.10. The third-order valence-corrected chi connectivity index (χ3v) is 6.09. The summed E-state index contributed by atoms with van der Waals surface area (Å²) in [5.74, 6) is -0.452. The molecule has 0 aliphatic heterocycles. The summed E-state index contributed by atoms with van der Waals surface area (Å²) in [6, 6.07) is 20.1. The maximum absolute atomic E-state index is 13.1. The number of anilines is 1. The fraction of sp³-hybridized carbons (Fsp3) is 0.0500. The van der Waals surface area contributed by atoms with Crippen molar-refractivity contribution in [3.63, 3.8) is 0 Å². The zero-order valence-electron chi connectivity index (χ0n) is 15.1. The fourth-order valence-corrected chi connectivity index (χ4v) is 4.06. The van der Waals surface area contributed by atoms with E-state index in [-0.39, 0.29) is 10.7 Å². The smallest absolute Gasteiger partial charge is 0.265 e. The second-order valence-corrected chi connectivity index (χ2v) is 8.64. The standard InChI is InChI=1S/C20H17BrN4O3S/c21-17-11-9-16(10-12-17)14-23-24-20(26)15-25(19-8-4-5-13-22-19)29(27,28)18-6-2-1-3-7-18/h1-14H,15H2,(H,24,26)/b23-14-. The van der Waals surface area contributed by atoms with Crippen molar-refractivity contribution in [3.8, 4) is 0 Å². The molecule has 3 aromatic rings. The monoisotopic (exact) mass is 472 g/mol. The molecule has 2 aromatic carbocycles. The van der Waals surface area contributed by atoms with Crippen LogP contribution in [0.1, 0.15) is 5.56 Å². The predicted molar refractivity (Wildman–Crippen MR) is 115 cm³/mol. The quantitative estimate of drug-likeness (QED) is 0.422. The molecule has 9 heteroatoms. The number of carbonyl (C=O) groups is 1. The molecule has 0 radical (unpaired) electrons. The van der Waals surface area contributed by atoms with Gasteiger partial charge < -0.3 is 0 Å². The van der Waals surface area contributed by atoms with Crippen LogP contribution < -0.4 is 9.73 Å². The Kier molecular flexibility index (Phi) is 6.73. The molecule has 0 atom stereocenters. The molecule has 0 spiro atoms. The normalized spacial score (nSPS) is 11.3. The largest absolute Gasteiger partial charge is 0.271 e. The van der Waals surface area contributed by atoms with Gasteiger partial charge in [0.25, 0.3) is 15.9 Å². The van der Waals surface area contributed by atoms with Crippen LogP contribution in [0.15, 0.2) is 93.5 Å². The number of benzene rings is 2. The van der Waals surface area contributed by atoms with Gasteiger partial charge in [-0.1, -0.05) is 52.3 Å². The average molecular weight is 473 g/mol. The van der Waals surface area contributed by atoms with E-state index >= 15 is 0 Å². The molecule has 29 heavy (non-hydrogen) atoms. The SMILES string of the molecule is O=C(CN(c1ccccn1)S(=O)(=O)c1ccccc1)N/N=C\c1ccc(Br)cc1. The van der Waals surface area contributed by atoms with E-state index in [9.17, 15) is 13.2 Å². The molecule has 0 saturated heterocycles. The van der Waals surface area contributed by atoms with Gasteiger partial charge in [0.05, 0.1) is 11.1 Å². The van der Waals surface area contributed by atoms with Crippen molar-refractivity contribution in [1.29, 1.82) is 0 Å². The number of nitrogens with zero attached hydrogens (tertiary/aromatic N) is 3. The molecule has 0 unspecified atom stereocenters. The molecule has 1 N–H and O–H groups in total. The molecule has 0 bridgehead atoms. The van der Waals surface area contributed by atoms with Crippen LogP contribution in [0, 0.1) is 0 Å². The van der Waals surface area contributed by atoms with Gasteiger partial charge in [0.2, 0.25) is 0 Å². The molecular formula is C20H17BrN4O3S. The van der Waals surface area contributed by atoms with Crippen LogP contribution in [-0.4, -0.2) is 32.1 Å². The molecule has 7 nitrogen and oxygen atoms in total. The molecule has 0 saturated carbocycles. The minimum Gasteiger partial charge on any atom is -0.271 e. The molecule has 148 valence electrons. The highest BCUT2D eigenvalue weighted by Gasteiger charge is 2.27. The Morgan fingerprint density at radius 1 is 1.03 bits per heavy atom. The van der Waals surface area contributed by atoms with Gasteiger partial charge in [0.1, 0.15) is 12.4 Å². The number of sulfonamides is 1. The van der Waals surface area contributed by atoms with Crippen molar-refractivity contribution in [2.24, 2.45) is 5.10 Å². The van der Waals surface area contributed by atoms with E-state index in [1.807, 2.05) is 24.3 Å². The minimum atomic E-state index is -3.98. The van der Waals surface area contributed by atoms with Crippen LogP contribution in [0.2, 0.25) is 0 Å². The molecular weight excluding hydrogens is 456 g/mol. The van der Waals surface area contributed by atoms with Crippen LogP contribution in [0.5, 0.6) is 0 Å². The Morgan fingerprint density at radius 2 is 1.72 bits per heavy atom. The van der Waals surface area contributed by atoms with Crippen molar-refractivity contribution in [2.45, 2.75) is 4.90 Å². The van der Waals surface area contributed by atoms with Crippen molar-refractivity contribution in [3.05, 3.63) is 89.0 Å². The first-order valence-electron chi connectivity index (χ1n) is 8.53. The number of hydrazone groups is 1. The Labute approximate surface area is 177 Å². The van der Waals surface area contributed by atoms with Crippen molar-refractivity contribution < 1.29 is 13.2 Å². The van der Waals surface area contributed by atoms with Crippen LogP contribution in [0.4, 0.5) is 5.82 Å². The number of aromatic nitrogens is 1. The van der Waals surface area contributed by atoms with Gasteiger partial charge >= 0.3 is 0 Å². The third kappa shape index (κ3) is 5.49. The summed E-state index contributed by atoms with van der Waals surface area (Å²) in [5.41, 5.74) is 3.14. The van der Waals surface area contributed by atoms with Gasteiger partial charge in [-0.2, -0.15) is 5.10 Å². The first-order valence-corrected chi connectivity index (χ1v) is 10.8. The summed E-state index contributed by atoms with van der Waals surface area (Å²) in [5, 5.41) is 3.89. The van der Waals surface area contributed by atoms with Crippen LogP contribution >= 0.6 is 15.9 Å². The summed E-state index contributed by atoms with van der Waals surface area (Å²) in [4.78, 5) is 16.5. The summed E-state index contributed by atoms with van der Waals surface area (Å²) in [7, 11) is -3.98. The highest BCUT2D eigenvalue weighted by Crippen LogP contribution is 2.21. The second-order valence-electron chi connectivity index (χ2n) is 5.86. The number of halogens is 1. The number of amides is 1. The van der Waals surface area contributed by atoms with Gasteiger partial charge in [0.15, 0.2) is 0 Å². The highest BCUT2D eigenvalue weighted by atomic mass is 79.9. The van der Waals surface area contributed by atoms with Crippen LogP contribution in [0.3, 0.4) is 0 Å². The fourth-order valence-electron chi connectivity index (χ4n) is 2.40. The van der Waals surface area contributed by atoms with E-state index in [2.05, 4.69) is 31.4 Å². The lowest BCUT2D eigenvalue weighted by Crippen LogP contribution is -2.40. The number of carbonyl (C=O) groups excluding carboxylic acids is 1. The van der Waals surface area contributed by atoms with Crippen LogP contribution in [0.25, 0.3) is 0 Å². The van der Waals surface area contributed by atoms with E-state index in [1.54, 1.807) is 30.3 Å². The lowest BCUT2D eigenvalue weighted by molar-refractivity contribution is -0.119. The number of pyridine rings is 1. The second kappa shape index (κ2) is 9.44. The van der Waals surface area contributed by atoms with Crippen molar-refractivity contribution in [2.75, 3.05) is 10.8 Å². The number of rotatable bonds is 7. The lowest BCUT2D eigenvalue weighted by atomic mass is 10.2. The van der Waals surface area contributed by atoms with Gasteiger partial charge in [-0.3, -0.25) is 4.79 Å². The maximum Gasteiger partial charge on any atom is 0.265 e. The Balaban J connectivity index is 1.78. The van der Waals surface area contributed by atoms with E-state index in [0.717, 1.165) is 14.3 Å².